The first-order valence-electron chi connectivity index (χ1n) is 5.91. The topological polar surface area (TPSA) is 36.4 Å². The first-order chi connectivity index (χ1) is 7.97. The minimum absolute atomic E-state index is 0.941. The van der Waals surface area contributed by atoms with E-state index in [0.717, 1.165) is 24.9 Å². The van der Waals surface area contributed by atoms with Crippen molar-refractivity contribution in [2.75, 3.05) is 18.5 Å². The average molecular weight is 230 g/mol. The van der Waals surface area contributed by atoms with Crippen molar-refractivity contribution in [3.05, 3.63) is 23.5 Å². The van der Waals surface area contributed by atoms with Gasteiger partial charge in [0.2, 0.25) is 0 Å². The molecule has 1 aliphatic rings. The van der Waals surface area contributed by atoms with Gasteiger partial charge < -0.3 is 10.0 Å². The minimum Gasteiger partial charge on any atom is -0.378 e. The average Bonchev–Trinajstić information content (AvgIpc) is 2.26. The van der Waals surface area contributed by atoms with Gasteiger partial charge in [0.1, 0.15) is 5.60 Å². The maximum atomic E-state index is 9.63. The van der Waals surface area contributed by atoms with E-state index in [1.807, 2.05) is 6.20 Å². The number of hydrogen-bond acceptors (Lipinski definition) is 3. The number of aromatic nitrogens is 1. The van der Waals surface area contributed by atoms with Crippen molar-refractivity contribution in [3.8, 4) is 11.8 Å². The number of nitrogens with zero attached hydrogens (tertiary/aromatic N) is 2. The molecule has 0 saturated carbocycles. The molecule has 2 rings (SSSR count). The van der Waals surface area contributed by atoms with E-state index in [1.165, 1.54) is 11.3 Å². The third kappa shape index (κ3) is 2.78. The lowest BCUT2D eigenvalue weighted by molar-refractivity contribution is 0.143. The molecule has 3 heteroatoms. The van der Waals surface area contributed by atoms with Gasteiger partial charge in [0.25, 0.3) is 0 Å². The quantitative estimate of drug-likeness (QED) is 0.688. The van der Waals surface area contributed by atoms with Crippen LogP contribution in [0, 0.1) is 11.8 Å². The van der Waals surface area contributed by atoms with Crippen LogP contribution in [-0.2, 0) is 6.42 Å². The van der Waals surface area contributed by atoms with Crippen LogP contribution < -0.4 is 4.90 Å². The van der Waals surface area contributed by atoms with E-state index in [0.29, 0.717) is 0 Å². The molecule has 0 bridgehead atoms. The zero-order valence-corrected chi connectivity index (χ0v) is 10.6. The van der Waals surface area contributed by atoms with E-state index in [9.17, 15) is 5.11 Å². The number of anilines is 1. The maximum Gasteiger partial charge on any atom is 0.120 e. The molecular formula is C14H18N2O. The van der Waals surface area contributed by atoms with Crippen LogP contribution >= 0.6 is 0 Å². The number of aliphatic hydroxyl groups is 1. The fraction of sp³-hybridized carbons (Fsp3) is 0.500. The molecule has 0 amide bonds. The molecule has 1 aromatic rings. The van der Waals surface area contributed by atoms with Gasteiger partial charge in [-0.15, -0.1) is 0 Å². The predicted molar refractivity (Wildman–Crippen MR) is 69.0 cm³/mol. The Morgan fingerprint density at radius 3 is 2.88 bits per heavy atom. The minimum atomic E-state index is -0.955. The Bertz CT molecular complexity index is 477. The van der Waals surface area contributed by atoms with Gasteiger partial charge >= 0.3 is 0 Å². The highest BCUT2D eigenvalue weighted by Gasteiger charge is 2.16. The van der Waals surface area contributed by atoms with Gasteiger partial charge in [-0.3, -0.25) is 4.98 Å². The number of hydrogen-bond donors (Lipinski definition) is 1. The molecule has 17 heavy (non-hydrogen) atoms. The molecule has 0 atom stereocenters. The summed E-state index contributed by atoms with van der Waals surface area (Å²) < 4.78 is 0. The van der Waals surface area contributed by atoms with Crippen molar-refractivity contribution in [3.63, 3.8) is 0 Å². The highest BCUT2D eigenvalue weighted by atomic mass is 16.3. The van der Waals surface area contributed by atoms with Gasteiger partial charge in [-0.25, -0.2) is 0 Å². The van der Waals surface area contributed by atoms with Crippen LogP contribution in [0.15, 0.2) is 12.4 Å². The van der Waals surface area contributed by atoms with Crippen molar-refractivity contribution in [2.24, 2.45) is 0 Å². The van der Waals surface area contributed by atoms with Gasteiger partial charge in [0.15, 0.2) is 0 Å². The number of pyridine rings is 1. The molecule has 1 aromatic heterocycles. The summed E-state index contributed by atoms with van der Waals surface area (Å²) in [6, 6.07) is 0. The van der Waals surface area contributed by atoms with Gasteiger partial charge in [0, 0.05) is 25.4 Å². The predicted octanol–water partition coefficient (Wildman–Crippen LogP) is 1.59. The Hall–Kier alpha value is -1.53. The summed E-state index contributed by atoms with van der Waals surface area (Å²) in [6.07, 6.45) is 5.86. The van der Waals surface area contributed by atoms with Gasteiger partial charge in [-0.2, -0.15) is 0 Å². The second kappa shape index (κ2) is 4.38. The van der Waals surface area contributed by atoms with E-state index in [-0.39, 0.29) is 0 Å². The van der Waals surface area contributed by atoms with Crippen molar-refractivity contribution >= 4 is 5.69 Å². The molecule has 0 radical (unpaired) electrons. The number of fused-ring (bicyclic) bond motifs is 1. The molecule has 2 heterocycles. The first kappa shape index (κ1) is 11.9. The summed E-state index contributed by atoms with van der Waals surface area (Å²) in [4.78, 5) is 6.43. The van der Waals surface area contributed by atoms with Crippen molar-refractivity contribution in [1.82, 2.24) is 4.98 Å². The van der Waals surface area contributed by atoms with Crippen LogP contribution in [0.5, 0.6) is 0 Å². The fourth-order valence-electron chi connectivity index (χ4n) is 2.01. The summed E-state index contributed by atoms with van der Waals surface area (Å²) >= 11 is 0. The van der Waals surface area contributed by atoms with Crippen LogP contribution in [-0.4, -0.2) is 29.3 Å². The second-order valence-electron chi connectivity index (χ2n) is 5.02. The van der Waals surface area contributed by atoms with Gasteiger partial charge in [0.05, 0.1) is 11.9 Å². The number of rotatable bonds is 0. The third-order valence-corrected chi connectivity index (χ3v) is 2.87. The lowest BCUT2D eigenvalue weighted by Gasteiger charge is -2.27. The maximum absolute atomic E-state index is 9.63. The Labute approximate surface area is 102 Å². The van der Waals surface area contributed by atoms with Crippen molar-refractivity contribution in [2.45, 2.75) is 32.3 Å². The van der Waals surface area contributed by atoms with E-state index in [4.69, 9.17) is 0 Å². The second-order valence-corrected chi connectivity index (χ2v) is 5.02. The van der Waals surface area contributed by atoms with Gasteiger partial charge in [-0.05, 0) is 32.3 Å². The summed E-state index contributed by atoms with van der Waals surface area (Å²) in [5.74, 6) is 5.89. The molecular weight excluding hydrogens is 212 g/mol. The normalized spacial score (nSPS) is 14.9. The summed E-state index contributed by atoms with van der Waals surface area (Å²) in [7, 11) is 2.08. The fourth-order valence-corrected chi connectivity index (χ4v) is 2.01. The molecule has 1 aliphatic heterocycles. The molecule has 3 nitrogen and oxygen atoms in total. The molecule has 0 saturated heterocycles. The Morgan fingerprint density at radius 2 is 2.18 bits per heavy atom. The van der Waals surface area contributed by atoms with Crippen LogP contribution in [0.25, 0.3) is 0 Å². The van der Waals surface area contributed by atoms with Crippen molar-refractivity contribution in [1.29, 1.82) is 0 Å². The lowest BCUT2D eigenvalue weighted by Crippen LogP contribution is -2.25. The molecule has 0 fully saturated rings. The Balaban J connectivity index is 2.42. The van der Waals surface area contributed by atoms with E-state index in [1.54, 1.807) is 20.0 Å². The Kier molecular flexibility index (Phi) is 3.08. The monoisotopic (exact) mass is 230 g/mol. The summed E-state index contributed by atoms with van der Waals surface area (Å²) in [5.41, 5.74) is 2.41. The highest BCUT2D eigenvalue weighted by Crippen LogP contribution is 2.27. The Morgan fingerprint density at radius 1 is 1.41 bits per heavy atom. The third-order valence-electron chi connectivity index (χ3n) is 2.87. The van der Waals surface area contributed by atoms with Crippen LogP contribution in [0.4, 0.5) is 5.69 Å². The van der Waals surface area contributed by atoms with E-state index in [2.05, 4.69) is 28.8 Å². The standard InChI is InChI=1S/C14H18N2O/c1-14(2,17)7-6-11-9-15-10-13-12(11)5-4-8-16(13)3/h9-10,17H,4-5,8H2,1-3H3. The van der Waals surface area contributed by atoms with E-state index >= 15 is 0 Å². The van der Waals surface area contributed by atoms with Gasteiger partial charge in [-0.1, -0.05) is 11.8 Å². The SMILES string of the molecule is CN1CCCc2c(C#CC(C)(C)O)cncc21. The first-order valence-corrected chi connectivity index (χ1v) is 5.91. The largest absolute Gasteiger partial charge is 0.378 e. The van der Waals surface area contributed by atoms with Crippen LogP contribution in [0.2, 0.25) is 0 Å². The molecule has 0 aromatic carbocycles. The molecule has 0 spiro atoms. The highest BCUT2D eigenvalue weighted by molar-refractivity contribution is 5.60. The zero-order valence-electron chi connectivity index (χ0n) is 10.6. The van der Waals surface area contributed by atoms with Crippen LogP contribution in [0.3, 0.4) is 0 Å². The zero-order chi connectivity index (χ0) is 12.5. The molecule has 0 unspecified atom stereocenters. The van der Waals surface area contributed by atoms with Crippen LogP contribution in [0.1, 0.15) is 31.4 Å². The summed E-state index contributed by atoms with van der Waals surface area (Å²) in [6.45, 7) is 4.45. The molecule has 0 aliphatic carbocycles. The van der Waals surface area contributed by atoms with E-state index < -0.39 is 5.60 Å². The smallest absolute Gasteiger partial charge is 0.120 e. The molecule has 90 valence electrons. The van der Waals surface area contributed by atoms with Crippen molar-refractivity contribution < 1.29 is 5.11 Å². The summed E-state index contributed by atoms with van der Waals surface area (Å²) in [5, 5.41) is 9.63. The molecule has 1 N–H and O–H groups in total. The lowest BCUT2D eigenvalue weighted by atomic mass is 9.98.